The molecule has 0 spiro atoms. The van der Waals surface area contributed by atoms with E-state index in [4.69, 9.17) is 18.9 Å². The molecule has 0 atom stereocenters. The molecule has 0 saturated carbocycles. The Bertz CT molecular complexity index is 1070. The Morgan fingerprint density at radius 1 is 0.471 bits per heavy atom. The Kier molecular flexibility index (Phi) is 8.12. The number of carbonyl (C=O) groups is 4. The van der Waals surface area contributed by atoms with Crippen LogP contribution >= 0.6 is 0 Å². The van der Waals surface area contributed by atoms with Gasteiger partial charge >= 0.3 is 23.9 Å². The summed E-state index contributed by atoms with van der Waals surface area (Å²) in [6, 6.07) is 17.7. The molecule has 174 valence electrons. The highest BCUT2D eigenvalue weighted by molar-refractivity contribution is 5.95. The molecule has 0 fully saturated rings. The van der Waals surface area contributed by atoms with Crippen molar-refractivity contribution >= 4 is 23.9 Å². The van der Waals surface area contributed by atoms with E-state index in [1.807, 2.05) is 0 Å². The van der Waals surface area contributed by atoms with Crippen molar-refractivity contribution in [2.24, 2.45) is 0 Å². The van der Waals surface area contributed by atoms with Gasteiger partial charge in [-0.25, -0.2) is 19.2 Å². The summed E-state index contributed by atoms with van der Waals surface area (Å²) in [7, 11) is 0. The maximum atomic E-state index is 12.4. The maximum Gasteiger partial charge on any atom is 0.343 e. The smallest absolute Gasteiger partial charge is 0.343 e. The first-order valence-corrected chi connectivity index (χ1v) is 10.5. The lowest BCUT2D eigenvalue weighted by molar-refractivity contribution is 0.0516. The first-order valence-electron chi connectivity index (χ1n) is 10.5. The molecule has 0 N–H and O–H groups in total. The molecule has 0 aromatic heterocycles. The minimum absolute atomic E-state index is 0.227. The molecule has 0 amide bonds. The molecule has 0 unspecified atom stereocenters. The van der Waals surface area contributed by atoms with Crippen LogP contribution in [0.15, 0.2) is 72.8 Å². The Labute approximate surface area is 196 Å². The van der Waals surface area contributed by atoms with Gasteiger partial charge in [-0.2, -0.15) is 0 Å². The molecular weight excluding hydrogens is 440 g/mol. The van der Waals surface area contributed by atoms with E-state index in [1.165, 1.54) is 72.8 Å². The third-order valence-electron chi connectivity index (χ3n) is 4.51. The number of hydrogen-bond acceptors (Lipinski definition) is 8. The van der Waals surface area contributed by atoms with Crippen molar-refractivity contribution in [3.63, 3.8) is 0 Å². The standard InChI is InChI=1S/C26H22O8/c1-3-31-23(27)17-9-13-21(14-10-17)33-25(29)19-5-7-20(8-6-19)26(30)34-22-15-11-18(12-16-22)24(28)32-4-2/h5-16H,3-4H2,1-2H3. The van der Waals surface area contributed by atoms with E-state index < -0.39 is 23.9 Å². The molecule has 8 nitrogen and oxygen atoms in total. The summed E-state index contributed by atoms with van der Waals surface area (Å²) < 4.78 is 20.4. The van der Waals surface area contributed by atoms with Crippen molar-refractivity contribution in [1.29, 1.82) is 0 Å². The van der Waals surface area contributed by atoms with E-state index >= 15 is 0 Å². The van der Waals surface area contributed by atoms with Crippen LogP contribution in [-0.4, -0.2) is 37.1 Å². The lowest BCUT2D eigenvalue weighted by Crippen LogP contribution is -2.11. The second-order valence-corrected chi connectivity index (χ2v) is 6.85. The normalized spacial score (nSPS) is 10.2. The van der Waals surface area contributed by atoms with Crippen molar-refractivity contribution in [3.8, 4) is 11.5 Å². The van der Waals surface area contributed by atoms with Crippen molar-refractivity contribution in [3.05, 3.63) is 95.1 Å². The maximum absolute atomic E-state index is 12.4. The largest absolute Gasteiger partial charge is 0.462 e. The summed E-state index contributed by atoms with van der Waals surface area (Å²) >= 11 is 0. The van der Waals surface area contributed by atoms with Crippen molar-refractivity contribution in [2.45, 2.75) is 13.8 Å². The Morgan fingerprint density at radius 2 is 0.735 bits per heavy atom. The van der Waals surface area contributed by atoms with Gasteiger partial charge in [-0.3, -0.25) is 0 Å². The Hall–Kier alpha value is -4.46. The SMILES string of the molecule is CCOC(=O)c1ccc(OC(=O)c2ccc(C(=O)Oc3ccc(C(=O)OCC)cc3)cc2)cc1. The number of hydrogen-bond donors (Lipinski definition) is 0. The van der Waals surface area contributed by atoms with Crippen LogP contribution in [0.4, 0.5) is 0 Å². The van der Waals surface area contributed by atoms with Crippen LogP contribution in [0.5, 0.6) is 11.5 Å². The van der Waals surface area contributed by atoms with Gasteiger partial charge in [-0.15, -0.1) is 0 Å². The fourth-order valence-corrected chi connectivity index (χ4v) is 2.82. The fourth-order valence-electron chi connectivity index (χ4n) is 2.82. The molecule has 0 heterocycles. The summed E-state index contributed by atoms with van der Waals surface area (Å²) in [6.07, 6.45) is 0. The van der Waals surface area contributed by atoms with Crippen LogP contribution < -0.4 is 9.47 Å². The molecule has 0 saturated heterocycles. The molecule has 0 bridgehead atoms. The van der Waals surface area contributed by atoms with E-state index in [9.17, 15) is 19.2 Å². The third kappa shape index (κ3) is 6.29. The molecule has 0 radical (unpaired) electrons. The molecule has 8 heteroatoms. The van der Waals surface area contributed by atoms with Gasteiger partial charge in [-0.1, -0.05) is 0 Å². The number of ether oxygens (including phenoxy) is 4. The van der Waals surface area contributed by atoms with Gasteiger partial charge in [-0.05, 0) is 86.6 Å². The third-order valence-corrected chi connectivity index (χ3v) is 4.51. The van der Waals surface area contributed by atoms with Gasteiger partial charge in [0.2, 0.25) is 0 Å². The van der Waals surface area contributed by atoms with Gasteiger partial charge in [0.05, 0.1) is 35.5 Å². The van der Waals surface area contributed by atoms with E-state index in [0.29, 0.717) is 11.1 Å². The van der Waals surface area contributed by atoms with Gasteiger partial charge in [0.1, 0.15) is 11.5 Å². The monoisotopic (exact) mass is 462 g/mol. The zero-order valence-corrected chi connectivity index (χ0v) is 18.6. The van der Waals surface area contributed by atoms with Crippen LogP contribution in [0.25, 0.3) is 0 Å². The summed E-state index contributed by atoms with van der Waals surface area (Å²) in [5.41, 5.74) is 1.15. The first-order chi connectivity index (χ1) is 16.4. The van der Waals surface area contributed by atoms with E-state index in [1.54, 1.807) is 13.8 Å². The summed E-state index contributed by atoms with van der Waals surface area (Å²) in [5.74, 6) is -1.66. The number of esters is 4. The molecular formula is C26H22O8. The number of benzene rings is 3. The number of carbonyl (C=O) groups excluding carboxylic acids is 4. The average molecular weight is 462 g/mol. The zero-order valence-electron chi connectivity index (χ0n) is 18.6. The van der Waals surface area contributed by atoms with Crippen LogP contribution in [0.1, 0.15) is 55.3 Å². The van der Waals surface area contributed by atoms with Gasteiger partial charge in [0.25, 0.3) is 0 Å². The highest BCUT2D eigenvalue weighted by Crippen LogP contribution is 2.17. The minimum Gasteiger partial charge on any atom is -0.462 e. The molecule has 0 aliphatic heterocycles. The summed E-state index contributed by atoms with van der Waals surface area (Å²) in [6.45, 7) is 3.95. The average Bonchev–Trinajstić information content (AvgIpc) is 2.85. The molecule has 3 rings (SSSR count). The van der Waals surface area contributed by atoms with Gasteiger partial charge in [0, 0.05) is 0 Å². The zero-order chi connectivity index (χ0) is 24.5. The molecule has 0 aliphatic rings. The lowest BCUT2D eigenvalue weighted by Gasteiger charge is -2.07. The van der Waals surface area contributed by atoms with Crippen LogP contribution in [0, 0.1) is 0 Å². The van der Waals surface area contributed by atoms with Crippen molar-refractivity contribution in [2.75, 3.05) is 13.2 Å². The van der Waals surface area contributed by atoms with E-state index in [2.05, 4.69) is 0 Å². The van der Waals surface area contributed by atoms with Crippen LogP contribution in [0.2, 0.25) is 0 Å². The predicted octanol–water partition coefficient (Wildman–Crippen LogP) is 4.48. The van der Waals surface area contributed by atoms with Crippen molar-refractivity contribution in [1.82, 2.24) is 0 Å². The minimum atomic E-state index is -0.627. The molecule has 0 aliphatic carbocycles. The predicted molar refractivity (Wildman–Crippen MR) is 121 cm³/mol. The topological polar surface area (TPSA) is 105 Å². The highest BCUT2D eigenvalue weighted by Gasteiger charge is 2.14. The summed E-state index contributed by atoms with van der Waals surface area (Å²) in [5, 5.41) is 0. The van der Waals surface area contributed by atoms with Crippen LogP contribution in [-0.2, 0) is 9.47 Å². The molecule has 3 aromatic rings. The van der Waals surface area contributed by atoms with Gasteiger partial charge in [0.15, 0.2) is 0 Å². The molecule has 34 heavy (non-hydrogen) atoms. The van der Waals surface area contributed by atoms with Crippen molar-refractivity contribution < 1.29 is 38.1 Å². The fraction of sp³-hybridized carbons (Fsp3) is 0.154. The second-order valence-electron chi connectivity index (χ2n) is 6.85. The van der Waals surface area contributed by atoms with Crippen LogP contribution in [0.3, 0.4) is 0 Å². The van der Waals surface area contributed by atoms with E-state index in [0.717, 1.165) is 0 Å². The quantitative estimate of drug-likeness (QED) is 0.356. The lowest BCUT2D eigenvalue weighted by atomic mass is 10.1. The Morgan fingerprint density at radius 3 is 1.03 bits per heavy atom. The van der Waals surface area contributed by atoms with E-state index in [-0.39, 0.29) is 35.8 Å². The summed E-state index contributed by atoms with van der Waals surface area (Å²) in [4.78, 5) is 48.1. The highest BCUT2D eigenvalue weighted by atomic mass is 16.5. The first kappa shape index (κ1) is 24.2. The molecule has 3 aromatic carbocycles. The number of rotatable bonds is 8. The van der Waals surface area contributed by atoms with Gasteiger partial charge < -0.3 is 18.9 Å². The Balaban J connectivity index is 1.58. The second kappa shape index (κ2) is 11.4.